The quantitative estimate of drug-likeness (QED) is 0.390. The van der Waals surface area contributed by atoms with Crippen molar-refractivity contribution in [1.29, 1.82) is 0 Å². The monoisotopic (exact) mass is 529 g/mol. The molecule has 0 aromatic carbocycles. The van der Waals surface area contributed by atoms with Gasteiger partial charge < -0.3 is 10.6 Å². The molecular weight excluding hydrogens is 505 g/mol. The molecule has 0 amide bonds. The van der Waals surface area contributed by atoms with Crippen LogP contribution in [-0.4, -0.2) is 48.6 Å². The second kappa shape index (κ2) is 8.57. The molecule has 3 aromatic rings. The van der Waals surface area contributed by atoms with Gasteiger partial charge in [-0.05, 0) is 68.5 Å². The Bertz CT molecular complexity index is 1120. The van der Waals surface area contributed by atoms with Crippen molar-refractivity contribution in [3.63, 3.8) is 0 Å². The van der Waals surface area contributed by atoms with Gasteiger partial charge in [-0.2, -0.15) is 9.97 Å². The third kappa shape index (κ3) is 4.26. The first-order valence-electron chi connectivity index (χ1n) is 9.34. The highest BCUT2D eigenvalue weighted by molar-refractivity contribution is 14.1. The van der Waals surface area contributed by atoms with Crippen molar-refractivity contribution < 1.29 is 0 Å². The van der Waals surface area contributed by atoms with Gasteiger partial charge in [0.1, 0.15) is 5.52 Å². The number of anilines is 1. The van der Waals surface area contributed by atoms with Crippen molar-refractivity contribution in [2.45, 2.75) is 46.8 Å². The molecule has 2 N–H and O–H groups in total. The Labute approximate surface area is 188 Å². The van der Waals surface area contributed by atoms with Crippen molar-refractivity contribution in [2.75, 3.05) is 19.3 Å². The van der Waals surface area contributed by atoms with Crippen LogP contribution in [0.15, 0.2) is 11.0 Å². The fourth-order valence-electron chi connectivity index (χ4n) is 3.11. The predicted molar refractivity (Wildman–Crippen MR) is 125 cm³/mol. The van der Waals surface area contributed by atoms with E-state index in [1.54, 1.807) is 9.13 Å². The summed E-state index contributed by atoms with van der Waals surface area (Å²) in [6, 6.07) is 0.364. The number of nitrogens with zero attached hydrogens (tertiary/aromatic N) is 6. The first-order chi connectivity index (χ1) is 13.6. The molecule has 0 fully saturated rings. The predicted octanol–water partition coefficient (Wildman–Crippen LogP) is 2.83. The molecule has 3 aromatic heterocycles. The Balaban J connectivity index is 2.14. The van der Waals surface area contributed by atoms with Crippen LogP contribution >= 0.6 is 34.2 Å². The minimum atomic E-state index is -0.198. The maximum absolute atomic E-state index is 13.3. The van der Waals surface area contributed by atoms with E-state index >= 15 is 0 Å². The Morgan fingerprint density at radius 2 is 1.97 bits per heavy atom. The Morgan fingerprint density at radius 1 is 1.28 bits per heavy atom. The summed E-state index contributed by atoms with van der Waals surface area (Å²) in [6.45, 7) is 9.70. The summed E-state index contributed by atoms with van der Waals surface area (Å²) in [5.74, 6) is 0.0378. The third-order valence-corrected chi connectivity index (χ3v) is 7.14. The van der Waals surface area contributed by atoms with Gasteiger partial charge in [0, 0.05) is 28.9 Å². The van der Waals surface area contributed by atoms with E-state index in [1.807, 2.05) is 27.1 Å². The average Bonchev–Trinajstić information content (AvgIpc) is 2.91. The SMILES string of the molecule is Cc1cnc(Cn2c(=O)n(CCN(C)C(C)C)c3c(Cl)nc(N)nc32)c(C)c1I. The first-order valence-corrected chi connectivity index (χ1v) is 10.8. The first kappa shape index (κ1) is 22.0. The van der Waals surface area contributed by atoms with E-state index in [1.165, 1.54) is 0 Å². The van der Waals surface area contributed by atoms with Crippen LogP contribution in [0.4, 0.5) is 5.95 Å². The van der Waals surface area contributed by atoms with E-state index in [0.29, 0.717) is 30.3 Å². The van der Waals surface area contributed by atoms with Gasteiger partial charge in [0.25, 0.3) is 0 Å². The highest BCUT2D eigenvalue weighted by atomic mass is 127. The molecule has 10 heteroatoms. The molecule has 3 rings (SSSR count). The smallest absolute Gasteiger partial charge is 0.330 e. The van der Waals surface area contributed by atoms with Gasteiger partial charge in [-0.3, -0.25) is 14.1 Å². The number of halogens is 2. The largest absolute Gasteiger partial charge is 0.368 e. The number of rotatable bonds is 6. The molecule has 0 atom stereocenters. The normalized spacial score (nSPS) is 11.9. The Kier molecular flexibility index (Phi) is 6.49. The second-order valence-corrected chi connectivity index (χ2v) is 8.90. The van der Waals surface area contributed by atoms with Crippen molar-refractivity contribution in [2.24, 2.45) is 0 Å². The van der Waals surface area contributed by atoms with Crippen molar-refractivity contribution in [3.8, 4) is 0 Å². The minimum Gasteiger partial charge on any atom is -0.368 e. The summed E-state index contributed by atoms with van der Waals surface area (Å²) in [4.78, 5) is 28.4. The van der Waals surface area contributed by atoms with E-state index in [9.17, 15) is 4.79 Å². The van der Waals surface area contributed by atoms with Gasteiger partial charge in [-0.1, -0.05) is 11.6 Å². The van der Waals surface area contributed by atoms with Crippen LogP contribution in [0.1, 0.15) is 30.7 Å². The second-order valence-electron chi connectivity index (χ2n) is 7.47. The van der Waals surface area contributed by atoms with Gasteiger partial charge in [0.05, 0.1) is 12.2 Å². The molecule has 0 aliphatic rings. The highest BCUT2D eigenvalue weighted by Crippen LogP contribution is 2.23. The van der Waals surface area contributed by atoms with Crippen molar-refractivity contribution in [3.05, 3.63) is 42.2 Å². The maximum Gasteiger partial charge on any atom is 0.330 e. The molecule has 0 bridgehead atoms. The summed E-state index contributed by atoms with van der Waals surface area (Å²) in [6.07, 6.45) is 1.82. The summed E-state index contributed by atoms with van der Waals surface area (Å²) in [5, 5.41) is 0.179. The van der Waals surface area contributed by atoms with E-state index in [-0.39, 0.29) is 23.3 Å². The molecule has 0 aliphatic carbocycles. The van der Waals surface area contributed by atoms with Gasteiger partial charge in [0.2, 0.25) is 5.95 Å². The lowest BCUT2D eigenvalue weighted by Gasteiger charge is -2.20. The molecule has 0 radical (unpaired) electrons. The molecule has 0 saturated heterocycles. The van der Waals surface area contributed by atoms with Crippen LogP contribution in [0.5, 0.6) is 0 Å². The fraction of sp³-hybridized carbons (Fsp3) is 0.474. The number of nitrogens with two attached hydrogens (primary N) is 1. The average molecular weight is 530 g/mol. The number of aryl methyl sites for hydroxylation is 1. The standard InChI is InChI=1S/C19H25ClIN7O/c1-10(2)26(5)6-7-27-15-16(20)24-18(22)25-17(15)28(19(27)29)9-13-12(4)14(21)11(3)8-23-13/h8,10H,6-7,9H2,1-5H3,(H2,22,24,25). The number of nitrogen functional groups attached to an aromatic ring is 1. The lowest BCUT2D eigenvalue weighted by atomic mass is 10.1. The maximum atomic E-state index is 13.3. The summed E-state index contributed by atoms with van der Waals surface area (Å²) < 4.78 is 4.34. The van der Waals surface area contributed by atoms with Crippen LogP contribution in [-0.2, 0) is 13.1 Å². The summed E-state index contributed by atoms with van der Waals surface area (Å²) in [7, 11) is 2.02. The third-order valence-electron chi connectivity index (χ3n) is 5.22. The molecule has 0 unspecified atom stereocenters. The lowest BCUT2D eigenvalue weighted by Crippen LogP contribution is -2.33. The number of imidazole rings is 1. The zero-order valence-corrected chi connectivity index (χ0v) is 20.1. The number of aromatic nitrogens is 5. The van der Waals surface area contributed by atoms with Crippen molar-refractivity contribution >= 4 is 51.3 Å². The zero-order valence-electron chi connectivity index (χ0n) is 17.2. The van der Waals surface area contributed by atoms with E-state index in [4.69, 9.17) is 17.3 Å². The molecule has 0 aliphatic heterocycles. The number of fused-ring (bicyclic) bond motifs is 1. The van der Waals surface area contributed by atoms with Crippen molar-refractivity contribution in [1.82, 2.24) is 29.0 Å². The van der Waals surface area contributed by atoms with Gasteiger partial charge >= 0.3 is 5.69 Å². The summed E-state index contributed by atoms with van der Waals surface area (Å²) in [5.41, 5.74) is 9.52. The van der Waals surface area contributed by atoms with Crippen LogP contribution in [0, 0.1) is 17.4 Å². The van der Waals surface area contributed by atoms with Gasteiger partial charge in [-0.25, -0.2) is 4.79 Å². The lowest BCUT2D eigenvalue weighted by molar-refractivity contribution is 0.262. The van der Waals surface area contributed by atoms with Crippen LogP contribution in [0.25, 0.3) is 11.2 Å². The molecule has 0 saturated carbocycles. The van der Waals surface area contributed by atoms with E-state index in [2.05, 4.69) is 56.3 Å². The Morgan fingerprint density at radius 3 is 2.62 bits per heavy atom. The Hall–Kier alpha value is -1.72. The molecule has 3 heterocycles. The zero-order chi connectivity index (χ0) is 21.5. The van der Waals surface area contributed by atoms with Gasteiger partial charge in [0.15, 0.2) is 10.8 Å². The number of pyridine rings is 1. The fourth-order valence-corrected chi connectivity index (χ4v) is 3.83. The highest BCUT2D eigenvalue weighted by Gasteiger charge is 2.21. The van der Waals surface area contributed by atoms with E-state index in [0.717, 1.165) is 20.4 Å². The minimum absolute atomic E-state index is 0.0378. The number of hydrogen-bond acceptors (Lipinski definition) is 6. The van der Waals surface area contributed by atoms with Gasteiger partial charge in [-0.15, -0.1) is 0 Å². The topological polar surface area (TPSA) is 94.9 Å². The van der Waals surface area contributed by atoms with E-state index < -0.39 is 0 Å². The summed E-state index contributed by atoms with van der Waals surface area (Å²) >= 11 is 8.68. The van der Waals surface area contributed by atoms with Crippen LogP contribution in [0.2, 0.25) is 5.15 Å². The molecule has 29 heavy (non-hydrogen) atoms. The molecule has 156 valence electrons. The number of hydrogen-bond donors (Lipinski definition) is 1. The molecule has 8 nitrogen and oxygen atoms in total. The number of likely N-dealkylation sites (N-methyl/N-ethyl adjacent to an activating group) is 1. The molecular formula is C19H25ClIN7O. The van der Waals surface area contributed by atoms with Crippen LogP contribution in [0.3, 0.4) is 0 Å². The molecule has 0 spiro atoms. The van der Waals surface area contributed by atoms with Crippen LogP contribution < -0.4 is 11.4 Å².